The van der Waals surface area contributed by atoms with Gasteiger partial charge in [-0.25, -0.2) is 0 Å². The molecule has 0 unspecified atom stereocenters. The molecule has 1 heterocycles. The number of nitrogens with two attached hydrogens (primary N) is 1. The predicted molar refractivity (Wildman–Crippen MR) is 92.3 cm³/mol. The fraction of sp³-hybridized carbons (Fsp3) is 0.278. The molecule has 1 aromatic heterocycles. The van der Waals surface area contributed by atoms with Gasteiger partial charge in [-0.3, -0.25) is 4.98 Å². The van der Waals surface area contributed by atoms with Gasteiger partial charge in [0.15, 0.2) is 5.84 Å². The van der Waals surface area contributed by atoms with Crippen molar-refractivity contribution in [3.05, 3.63) is 65.5 Å². The van der Waals surface area contributed by atoms with Gasteiger partial charge in [0.1, 0.15) is 0 Å². The quantitative estimate of drug-likeness (QED) is 0.521. The maximum atomic E-state index is 5.85. The van der Waals surface area contributed by atoms with E-state index in [9.17, 15) is 0 Å². The molecule has 4 nitrogen and oxygen atoms in total. The van der Waals surface area contributed by atoms with Gasteiger partial charge in [-0.15, -0.1) is 5.10 Å². The van der Waals surface area contributed by atoms with Gasteiger partial charge in [0, 0.05) is 18.0 Å². The minimum absolute atomic E-state index is 0.193. The molecule has 0 saturated carbocycles. The number of hydrogen-bond donors (Lipinski definition) is 1. The summed E-state index contributed by atoms with van der Waals surface area (Å²) in [6.07, 6.45) is 6.16. The van der Waals surface area contributed by atoms with Crippen LogP contribution in [0.5, 0.6) is 0 Å². The summed E-state index contributed by atoms with van der Waals surface area (Å²) in [5, 5.41) is 8.04. The van der Waals surface area contributed by atoms with Gasteiger partial charge in [0.05, 0.1) is 6.21 Å². The number of nitrogens with zero attached hydrogens (tertiary/aromatic N) is 3. The summed E-state index contributed by atoms with van der Waals surface area (Å²) < 4.78 is 0. The molecule has 0 bridgehead atoms. The van der Waals surface area contributed by atoms with Crippen LogP contribution >= 0.6 is 0 Å². The second kappa shape index (κ2) is 6.98. The number of amidine groups is 1. The summed E-state index contributed by atoms with van der Waals surface area (Å²) in [5.74, 6) is 0.355. The van der Waals surface area contributed by atoms with Gasteiger partial charge in [-0.2, -0.15) is 5.10 Å². The minimum Gasteiger partial charge on any atom is -0.382 e. The average molecular weight is 294 g/mol. The molecule has 0 aliphatic rings. The van der Waals surface area contributed by atoms with Gasteiger partial charge in [0.2, 0.25) is 0 Å². The predicted octanol–water partition coefficient (Wildman–Crippen LogP) is 3.51. The molecule has 2 rings (SSSR count). The Morgan fingerprint density at radius 1 is 1.23 bits per heavy atom. The third-order valence-corrected chi connectivity index (χ3v) is 3.91. The number of benzene rings is 1. The Morgan fingerprint density at radius 2 is 1.95 bits per heavy atom. The number of hydrogen-bond acceptors (Lipinski definition) is 3. The Morgan fingerprint density at radius 3 is 2.55 bits per heavy atom. The zero-order chi connectivity index (χ0) is 16.0. The Labute approximate surface area is 131 Å². The first-order valence-electron chi connectivity index (χ1n) is 7.40. The second-order valence-electron chi connectivity index (χ2n) is 5.83. The molecule has 0 aliphatic heterocycles. The second-order valence-corrected chi connectivity index (χ2v) is 5.83. The van der Waals surface area contributed by atoms with Gasteiger partial charge in [-0.05, 0) is 35.1 Å². The normalized spacial score (nSPS) is 12.8. The average Bonchev–Trinajstić information content (AvgIpc) is 2.56. The van der Waals surface area contributed by atoms with Crippen LogP contribution < -0.4 is 5.73 Å². The lowest BCUT2D eigenvalue weighted by Crippen LogP contribution is -2.15. The van der Waals surface area contributed by atoms with E-state index in [0.29, 0.717) is 5.84 Å². The summed E-state index contributed by atoms with van der Waals surface area (Å²) in [6, 6.07) is 12.0. The van der Waals surface area contributed by atoms with Crippen LogP contribution in [0.2, 0.25) is 0 Å². The summed E-state index contributed by atoms with van der Waals surface area (Å²) in [4.78, 5) is 4.00. The molecule has 4 heteroatoms. The van der Waals surface area contributed by atoms with Crippen molar-refractivity contribution in [1.29, 1.82) is 0 Å². The maximum absolute atomic E-state index is 5.85. The van der Waals surface area contributed by atoms with E-state index in [2.05, 4.69) is 48.1 Å². The van der Waals surface area contributed by atoms with E-state index in [-0.39, 0.29) is 5.41 Å². The van der Waals surface area contributed by atoms with Crippen LogP contribution in [0, 0.1) is 0 Å². The maximum Gasteiger partial charge on any atom is 0.154 e. The fourth-order valence-electron chi connectivity index (χ4n) is 1.95. The lowest BCUT2D eigenvalue weighted by Gasteiger charge is -2.23. The molecular formula is C18H22N4. The molecule has 0 amide bonds. The minimum atomic E-state index is 0.193. The number of pyridine rings is 1. The van der Waals surface area contributed by atoms with Crippen LogP contribution in [0.25, 0.3) is 0 Å². The highest BCUT2D eigenvalue weighted by molar-refractivity contribution is 5.97. The Hall–Kier alpha value is -2.49. The third-order valence-electron chi connectivity index (χ3n) is 3.91. The zero-order valence-electron chi connectivity index (χ0n) is 13.3. The van der Waals surface area contributed by atoms with Crippen molar-refractivity contribution in [2.45, 2.75) is 32.6 Å². The van der Waals surface area contributed by atoms with Crippen LogP contribution in [-0.4, -0.2) is 17.0 Å². The zero-order valence-corrected chi connectivity index (χ0v) is 13.3. The van der Waals surface area contributed by atoms with Crippen molar-refractivity contribution in [2.24, 2.45) is 15.9 Å². The Kier molecular flexibility index (Phi) is 5.04. The number of aromatic nitrogens is 1. The lowest BCUT2D eigenvalue weighted by molar-refractivity contribution is 0.506. The van der Waals surface area contributed by atoms with Crippen LogP contribution in [0.3, 0.4) is 0 Å². The van der Waals surface area contributed by atoms with Crippen molar-refractivity contribution in [1.82, 2.24) is 4.98 Å². The van der Waals surface area contributed by atoms with E-state index in [0.717, 1.165) is 17.5 Å². The first-order valence-corrected chi connectivity index (χ1v) is 7.40. The highest BCUT2D eigenvalue weighted by Crippen LogP contribution is 2.26. The van der Waals surface area contributed by atoms with Crippen LogP contribution in [0.1, 0.15) is 43.9 Å². The standard InChI is InChI=1S/C18H22N4/c1-4-18(2,3)16-9-7-14(8-10-16)12-21-22-17(19)15-6-5-11-20-13-15/h5-13H,4H2,1-3H3,(H2,19,22)/b21-12+. The molecular weight excluding hydrogens is 272 g/mol. The number of rotatable bonds is 5. The van der Waals surface area contributed by atoms with Crippen LogP contribution in [0.15, 0.2) is 59.0 Å². The highest BCUT2D eigenvalue weighted by atomic mass is 15.2. The highest BCUT2D eigenvalue weighted by Gasteiger charge is 2.17. The van der Waals surface area contributed by atoms with Gasteiger partial charge < -0.3 is 5.73 Å². The molecule has 0 spiro atoms. The largest absolute Gasteiger partial charge is 0.382 e. The van der Waals surface area contributed by atoms with Crippen molar-refractivity contribution >= 4 is 12.1 Å². The summed E-state index contributed by atoms with van der Waals surface area (Å²) in [7, 11) is 0. The van der Waals surface area contributed by atoms with Crippen molar-refractivity contribution in [3.8, 4) is 0 Å². The molecule has 2 N–H and O–H groups in total. The Bertz CT molecular complexity index is 655. The van der Waals surface area contributed by atoms with Crippen LogP contribution in [-0.2, 0) is 5.41 Å². The SMILES string of the molecule is CCC(C)(C)c1ccc(/C=N/N=C(\N)c2cccnc2)cc1. The van der Waals surface area contributed by atoms with Crippen LogP contribution in [0.4, 0.5) is 0 Å². The van der Waals surface area contributed by atoms with Crippen molar-refractivity contribution in [3.63, 3.8) is 0 Å². The Balaban J connectivity index is 2.08. The monoisotopic (exact) mass is 294 g/mol. The molecule has 114 valence electrons. The summed E-state index contributed by atoms with van der Waals surface area (Å²) >= 11 is 0. The van der Waals surface area contributed by atoms with Gasteiger partial charge in [0.25, 0.3) is 0 Å². The van der Waals surface area contributed by atoms with E-state index in [1.165, 1.54) is 5.56 Å². The van der Waals surface area contributed by atoms with E-state index in [1.54, 1.807) is 18.6 Å². The molecule has 0 radical (unpaired) electrons. The first-order chi connectivity index (χ1) is 10.5. The molecule has 2 aromatic rings. The topological polar surface area (TPSA) is 63.6 Å². The van der Waals surface area contributed by atoms with Gasteiger partial charge >= 0.3 is 0 Å². The van der Waals surface area contributed by atoms with Crippen molar-refractivity contribution < 1.29 is 0 Å². The first kappa shape index (κ1) is 15.9. The van der Waals surface area contributed by atoms with E-state index in [1.807, 2.05) is 24.3 Å². The smallest absolute Gasteiger partial charge is 0.154 e. The molecule has 0 fully saturated rings. The lowest BCUT2D eigenvalue weighted by atomic mass is 9.82. The van der Waals surface area contributed by atoms with Gasteiger partial charge in [-0.1, -0.05) is 45.0 Å². The van der Waals surface area contributed by atoms with E-state index < -0.39 is 0 Å². The summed E-state index contributed by atoms with van der Waals surface area (Å²) in [6.45, 7) is 6.69. The van der Waals surface area contributed by atoms with E-state index >= 15 is 0 Å². The molecule has 0 saturated heterocycles. The third kappa shape index (κ3) is 4.01. The molecule has 0 atom stereocenters. The fourth-order valence-corrected chi connectivity index (χ4v) is 1.95. The van der Waals surface area contributed by atoms with Crippen molar-refractivity contribution in [2.75, 3.05) is 0 Å². The molecule has 22 heavy (non-hydrogen) atoms. The summed E-state index contributed by atoms with van der Waals surface area (Å²) in [5.41, 5.74) is 9.13. The molecule has 1 aromatic carbocycles. The van der Waals surface area contributed by atoms with E-state index in [4.69, 9.17) is 5.73 Å². The molecule has 0 aliphatic carbocycles.